The molecule has 5 nitrogen and oxygen atoms in total. The second-order valence-corrected chi connectivity index (χ2v) is 7.12. The van der Waals surface area contributed by atoms with Gasteiger partial charge in [-0.05, 0) is 24.6 Å². The maximum absolute atomic E-state index is 13.6. The first-order valence-corrected chi connectivity index (χ1v) is 7.38. The molecular weight excluding hydrogens is 271 g/mol. The molecule has 2 atom stereocenters. The summed E-state index contributed by atoms with van der Waals surface area (Å²) >= 11 is 0. The quantitative estimate of drug-likeness (QED) is 0.719. The number of hydrogen-bond acceptors (Lipinski definition) is 4. The first-order valence-electron chi connectivity index (χ1n) is 5.90. The molecule has 0 aliphatic heterocycles. The molecule has 1 aliphatic carbocycles. The summed E-state index contributed by atoms with van der Waals surface area (Å²) < 4.78 is 40.2. The number of rotatable bonds is 3. The van der Waals surface area contributed by atoms with Crippen molar-refractivity contribution < 1.29 is 17.9 Å². The minimum absolute atomic E-state index is 0.176. The van der Waals surface area contributed by atoms with Gasteiger partial charge in [0.15, 0.2) is 0 Å². The molecule has 1 aromatic rings. The highest BCUT2D eigenvalue weighted by molar-refractivity contribution is 7.89. The Labute approximate surface area is 111 Å². The minimum Gasteiger partial charge on any atom is -0.399 e. The number of nitrogens with two attached hydrogens (primary N) is 1. The van der Waals surface area contributed by atoms with Gasteiger partial charge in [-0.15, -0.1) is 0 Å². The minimum atomic E-state index is -3.98. The highest BCUT2D eigenvalue weighted by Crippen LogP contribution is 2.41. The number of nitrogens with one attached hydrogen (secondary N) is 1. The average Bonchev–Trinajstić information content (AvgIpc) is 2.31. The van der Waals surface area contributed by atoms with Crippen molar-refractivity contribution in [3.8, 4) is 0 Å². The molecule has 106 valence electrons. The van der Waals surface area contributed by atoms with Gasteiger partial charge in [-0.25, -0.2) is 17.5 Å². The second-order valence-electron chi connectivity index (χ2n) is 5.44. The summed E-state index contributed by atoms with van der Waals surface area (Å²) in [6.07, 6.45) is -0.248. The van der Waals surface area contributed by atoms with E-state index in [1.54, 1.807) is 13.8 Å². The van der Waals surface area contributed by atoms with Crippen molar-refractivity contribution in [1.29, 1.82) is 0 Å². The SMILES string of the molecule is CC1(C)C(O)CC1NS(=O)(=O)c1cc(N)ccc1F. The van der Waals surface area contributed by atoms with Gasteiger partial charge in [-0.3, -0.25) is 0 Å². The lowest BCUT2D eigenvalue weighted by atomic mass is 9.65. The number of sulfonamides is 1. The number of halogens is 1. The van der Waals surface area contributed by atoms with Gasteiger partial charge in [0.05, 0.1) is 6.10 Å². The molecule has 1 saturated carbocycles. The molecule has 0 radical (unpaired) electrons. The van der Waals surface area contributed by atoms with E-state index in [0.29, 0.717) is 6.42 Å². The molecule has 2 rings (SSSR count). The van der Waals surface area contributed by atoms with Crippen LogP contribution in [0.25, 0.3) is 0 Å². The number of benzene rings is 1. The van der Waals surface area contributed by atoms with Crippen LogP contribution in [0.4, 0.5) is 10.1 Å². The van der Waals surface area contributed by atoms with Crippen molar-refractivity contribution in [2.24, 2.45) is 5.41 Å². The zero-order chi connectivity index (χ0) is 14.4. The summed E-state index contributed by atoms with van der Waals surface area (Å²) in [5.41, 5.74) is 5.09. The third-order valence-corrected chi connectivity index (χ3v) is 5.24. The van der Waals surface area contributed by atoms with Crippen molar-refractivity contribution >= 4 is 15.7 Å². The molecule has 2 unspecified atom stereocenters. The van der Waals surface area contributed by atoms with Crippen molar-refractivity contribution in [3.05, 3.63) is 24.0 Å². The van der Waals surface area contributed by atoms with Crippen molar-refractivity contribution in [2.75, 3.05) is 5.73 Å². The van der Waals surface area contributed by atoms with Crippen LogP contribution in [0.3, 0.4) is 0 Å². The molecule has 0 amide bonds. The average molecular weight is 288 g/mol. The number of aliphatic hydroxyl groups excluding tert-OH is 1. The predicted octanol–water partition coefficient (Wildman–Crippen LogP) is 0.846. The largest absolute Gasteiger partial charge is 0.399 e. The molecule has 19 heavy (non-hydrogen) atoms. The molecular formula is C12H17FN2O3S. The van der Waals surface area contributed by atoms with Crippen molar-refractivity contribution in [1.82, 2.24) is 4.72 Å². The fourth-order valence-corrected chi connectivity index (χ4v) is 3.60. The topological polar surface area (TPSA) is 92.4 Å². The Morgan fingerprint density at radius 2 is 2.11 bits per heavy atom. The normalized spacial score (nSPS) is 25.9. The maximum atomic E-state index is 13.6. The lowest BCUT2D eigenvalue weighted by Gasteiger charge is -2.49. The van der Waals surface area contributed by atoms with Crippen LogP contribution in [0, 0.1) is 11.2 Å². The van der Waals surface area contributed by atoms with Gasteiger partial charge in [0, 0.05) is 17.1 Å². The Hall–Kier alpha value is -1.18. The third-order valence-electron chi connectivity index (χ3n) is 3.76. The van der Waals surface area contributed by atoms with E-state index >= 15 is 0 Å². The lowest BCUT2D eigenvalue weighted by molar-refractivity contribution is -0.0645. The Morgan fingerprint density at radius 1 is 1.47 bits per heavy atom. The van der Waals surface area contributed by atoms with E-state index in [0.717, 1.165) is 12.1 Å². The van der Waals surface area contributed by atoms with E-state index in [9.17, 15) is 17.9 Å². The number of nitrogen functional groups attached to an aromatic ring is 1. The molecule has 0 bridgehead atoms. The predicted molar refractivity (Wildman–Crippen MR) is 69.3 cm³/mol. The zero-order valence-corrected chi connectivity index (χ0v) is 11.5. The molecule has 0 heterocycles. The van der Waals surface area contributed by atoms with E-state index in [-0.39, 0.29) is 5.69 Å². The Kier molecular flexibility index (Phi) is 3.32. The van der Waals surface area contributed by atoms with Crippen LogP contribution in [0.2, 0.25) is 0 Å². The van der Waals surface area contributed by atoms with Crippen molar-refractivity contribution in [2.45, 2.75) is 37.3 Å². The standard InChI is InChI=1S/C12H17FN2O3S/c1-12(2)10(6-11(12)16)15-19(17,18)9-5-7(14)3-4-8(9)13/h3-5,10-11,15-16H,6,14H2,1-2H3. The third kappa shape index (κ3) is 2.45. The van der Waals surface area contributed by atoms with Crippen LogP contribution in [0.15, 0.2) is 23.1 Å². The molecule has 1 aromatic carbocycles. The number of hydrogen-bond donors (Lipinski definition) is 3. The highest BCUT2D eigenvalue weighted by Gasteiger charge is 2.49. The van der Waals surface area contributed by atoms with E-state index in [4.69, 9.17) is 5.73 Å². The Balaban J connectivity index is 2.27. The highest BCUT2D eigenvalue weighted by atomic mass is 32.2. The van der Waals surface area contributed by atoms with Crippen LogP contribution in [-0.4, -0.2) is 25.7 Å². The summed E-state index contributed by atoms with van der Waals surface area (Å²) in [6.45, 7) is 3.51. The van der Waals surface area contributed by atoms with E-state index in [2.05, 4.69) is 4.72 Å². The summed E-state index contributed by atoms with van der Waals surface area (Å²) in [4.78, 5) is -0.468. The smallest absolute Gasteiger partial charge is 0.243 e. The maximum Gasteiger partial charge on any atom is 0.243 e. The number of anilines is 1. The fraction of sp³-hybridized carbons (Fsp3) is 0.500. The van der Waals surface area contributed by atoms with Crippen molar-refractivity contribution in [3.63, 3.8) is 0 Å². The summed E-state index contributed by atoms with van der Waals surface area (Å²) in [5, 5.41) is 9.58. The molecule has 4 N–H and O–H groups in total. The van der Waals surface area contributed by atoms with E-state index < -0.39 is 38.3 Å². The van der Waals surface area contributed by atoms with Gasteiger partial charge in [0.25, 0.3) is 0 Å². The van der Waals surface area contributed by atoms with Gasteiger partial charge >= 0.3 is 0 Å². The zero-order valence-electron chi connectivity index (χ0n) is 10.7. The van der Waals surface area contributed by atoms with Gasteiger partial charge < -0.3 is 10.8 Å². The monoisotopic (exact) mass is 288 g/mol. The fourth-order valence-electron chi connectivity index (χ4n) is 2.08. The molecule has 7 heteroatoms. The van der Waals surface area contributed by atoms with E-state index in [1.165, 1.54) is 6.07 Å². The molecule has 1 aliphatic rings. The summed E-state index contributed by atoms with van der Waals surface area (Å²) in [6, 6.07) is 2.98. The van der Waals surface area contributed by atoms with Gasteiger partial charge in [-0.2, -0.15) is 0 Å². The van der Waals surface area contributed by atoms with Gasteiger partial charge in [-0.1, -0.05) is 13.8 Å². The van der Waals surface area contributed by atoms with Crippen LogP contribution in [-0.2, 0) is 10.0 Å². The number of aliphatic hydroxyl groups is 1. The van der Waals surface area contributed by atoms with Crippen LogP contribution < -0.4 is 10.5 Å². The van der Waals surface area contributed by atoms with Crippen LogP contribution >= 0.6 is 0 Å². The van der Waals surface area contributed by atoms with Gasteiger partial charge in [0.1, 0.15) is 10.7 Å². The molecule has 0 saturated heterocycles. The summed E-state index contributed by atoms with van der Waals surface area (Å²) in [5.74, 6) is -0.848. The van der Waals surface area contributed by atoms with Gasteiger partial charge in [0.2, 0.25) is 10.0 Å². The Morgan fingerprint density at radius 3 is 2.63 bits per heavy atom. The molecule has 0 aromatic heterocycles. The van der Waals surface area contributed by atoms with Crippen LogP contribution in [0.1, 0.15) is 20.3 Å². The first kappa shape index (κ1) is 14.2. The molecule has 0 spiro atoms. The first-order chi connectivity index (χ1) is 8.64. The Bertz CT molecular complexity index is 601. The second kappa shape index (κ2) is 4.43. The molecule has 1 fully saturated rings. The van der Waals surface area contributed by atoms with Crippen LogP contribution in [0.5, 0.6) is 0 Å². The van der Waals surface area contributed by atoms with E-state index in [1.807, 2.05) is 0 Å². The summed E-state index contributed by atoms with van der Waals surface area (Å²) in [7, 11) is -3.98. The lowest BCUT2D eigenvalue weighted by Crippen LogP contribution is -2.61.